The first-order chi connectivity index (χ1) is 8.94. The van der Waals surface area contributed by atoms with Crippen molar-refractivity contribution < 1.29 is 18.3 Å². The molecule has 3 saturated carbocycles. The number of hydrogen-bond acceptors (Lipinski definition) is 1. The topological polar surface area (TPSA) is 20.2 Å². The van der Waals surface area contributed by atoms with Gasteiger partial charge in [0, 0.05) is 11.8 Å². The van der Waals surface area contributed by atoms with Gasteiger partial charge in [-0.1, -0.05) is 37.8 Å². The Kier molecular flexibility index (Phi) is 2.18. The molecule has 0 heterocycles. The van der Waals surface area contributed by atoms with Gasteiger partial charge in [-0.2, -0.15) is 13.2 Å². The molecule has 0 aromatic carbocycles. The molecule has 4 aliphatic carbocycles. The van der Waals surface area contributed by atoms with Gasteiger partial charge in [0.15, 0.2) is 0 Å². The zero-order chi connectivity index (χ0) is 13.5. The van der Waals surface area contributed by atoms with E-state index in [1.807, 2.05) is 0 Å². The Morgan fingerprint density at radius 2 is 1.63 bits per heavy atom. The predicted molar refractivity (Wildman–Crippen MR) is 64.2 cm³/mol. The van der Waals surface area contributed by atoms with Crippen LogP contribution in [-0.2, 0) is 0 Å². The Labute approximate surface area is 110 Å². The SMILES string of the molecule is OC12C3C=CC1(C(F)(F)F)C2C1CCCCCC[C@@H]13. The van der Waals surface area contributed by atoms with E-state index in [1.165, 1.54) is 12.5 Å². The van der Waals surface area contributed by atoms with Crippen LogP contribution in [0.5, 0.6) is 0 Å². The van der Waals surface area contributed by atoms with E-state index in [-0.39, 0.29) is 17.8 Å². The van der Waals surface area contributed by atoms with Crippen molar-refractivity contribution in [2.75, 3.05) is 0 Å². The van der Waals surface area contributed by atoms with E-state index in [2.05, 4.69) is 0 Å². The lowest BCUT2D eigenvalue weighted by Gasteiger charge is -2.32. The molecular weight excluding hydrogens is 253 g/mol. The Hall–Kier alpha value is -0.510. The van der Waals surface area contributed by atoms with Crippen molar-refractivity contribution in [3.63, 3.8) is 0 Å². The van der Waals surface area contributed by atoms with Crippen LogP contribution in [0.15, 0.2) is 12.2 Å². The van der Waals surface area contributed by atoms with Crippen LogP contribution in [0, 0.1) is 29.1 Å². The van der Waals surface area contributed by atoms with Crippen LogP contribution in [0.25, 0.3) is 0 Å². The quantitative estimate of drug-likeness (QED) is 0.667. The highest BCUT2D eigenvalue weighted by Crippen LogP contribution is 2.84. The Balaban J connectivity index is 1.73. The molecule has 0 saturated heterocycles. The molecule has 1 N–H and O–H groups in total. The van der Waals surface area contributed by atoms with Crippen LogP contribution < -0.4 is 0 Å². The molecule has 4 heteroatoms. The van der Waals surface area contributed by atoms with Crippen LogP contribution in [0.3, 0.4) is 0 Å². The van der Waals surface area contributed by atoms with Crippen molar-refractivity contribution in [1.82, 2.24) is 0 Å². The minimum Gasteiger partial charge on any atom is -0.388 e. The zero-order valence-corrected chi connectivity index (χ0v) is 10.8. The molecule has 1 nitrogen and oxygen atoms in total. The van der Waals surface area contributed by atoms with E-state index in [9.17, 15) is 18.3 Å². The summed E-state index contributed by atoms with van der Waals surface area (Å²) in [6.45, 7) is 0. The van der Waals surface area contributed by atoms with Gasteiger partial charge in [0.25, 0.3) is 0 Å². The number of fused-ring (bicyclic) bond motifs is 4. The van der Waals surface area contributed by atoms with Gasteiger partial charge in [-0.05, 0) is 24.7 Å². The summed E-state index contributed by atoms with van der Waals surface area (Å²) in [4.78, 5) is 0. The van der Waals surface area contributed by atoms with E-state index in [0.717, 1.165) is 32.1 Å². The van der Waals surface area contributed by atoms with Crippen molar-refractivity contribution in [3.05, 3.63) is 12.2 Å². The van der Waals surface area contributed by atoms with E-state index < -0.39 is 23.1 Å². The fourth-order valence-electron chi connectivity index (χ4n) is 5.69. The third kappa shape index (κ3) is 1.15. The number of alkyl halides is 3. The maximum absolute atomic E-state index is 13.4. The Morgan fingerprint density at radius 3 is 2.26 bits per heavy atom. The van der Waals surface area contributed by atoms with E-state index >= 15 is 0 Å². The van der Waals surface area contributed by atoms with E-state index in [0.29, 0.717) is 0 Å². The standard InChI is InChI=1S/C15H19F3O/c16-15(17,18)13-8-7-11-9-5-3-1-2-4-6-10(9)12(13)14(11,13)19/h7-12,19H,1-6H2/t9-,10?,11?,12?,13?,14?/m0/s1. The normalized spacial score (nSPS) is 55.4. The lowest BCUT2D eigenvalue weighted by molar-refractivity contribution is -0.198. The fourth-order valence-corrected chi connectivity index (χ4v) is 5.69. The Bertz CT molecular complexity index is 443. The molecule has 4 rings (SSSR count). The van der Waals surface area contributed by atoms with Crippen LogP contribution >= 0.6 is 0 Å². The van der Waals surface area contributed by atoms with Crippen LogP contribution in [-0.4, -0.2) is 16.9 Å². The molecule has 0 amide bonds. The number of rotatable bonds is 0. The lowest BCUT2D eigenvalue weighted by atomic mass is 9.74. The first kappa shape index (κ1) is 12.2. The van der Waals surface area contributed by atoms with Gasteiger partial charge in [-0.15, -0.1) is 0 Å². The summed E-state index contributed by atoms with van der Waals surface area (Å²) in [6.07, 6.45) is 4.98. The number of hydrogen-bond donors (Lipinski definition) is 1. The van der Waals surface area contributed by atoms with Crippen molar-refractivity contribution in [3.8, 4) is 0 Å². The average molecular weight is 272 g/mol. The van der Waals surface area contributed by atoms with Gasteiger partial charge in [0.05, 0.1) is 5.60 Å². The molecule has 5 unspecified atom stereocenters. The average Bonchev–Trinajstić information content (AvgIpc) is 2.64. The number of halogens is 3. The highest BCUT2D eigenvalue weighted by atomic mass is 19.4. The van der Waals surface area contributed by atoms with Crippen molar-refractivity contribution in [1.29, 1.82) is 0 Å². The third-order valence-corrected chi connectivity index (χ3v) is 6.35. The highest BCUT2D eigenvalue weighted by Gasteiger charge is 2.94. The van der Waals surface area contributed by atoms with Gasteiger partial charge in [0.1, 0.15) is 5.41 Å². The summed E-state index contributed by atoms with van der Waals surface area (Å²) < 4.78 is 40.3. The second-order valence-corrected chi connectivity index (χ2v) is 6.87. The summed E-state index contributed by atoms with van der Waals surface area (Å²) in [7, 11) is 0. The second kappa shape index (κ2) is 3.38. The molecule has 0 spiro atoms. The molecule has 0 radical (unpaired) electrons. The van der Waals surface area contributed by atoms with Crippen LogP contribution in [0.2, 0.25) is 0 Å². The molecule has 3 fully saturated rings. The first-order valence-corrected chi connectivity index (χ1v) is 7.43. The first-order valence-electron chi connectivity index (χ1n) is 7.43. The summed E-state index contributed by atoms with van der Waals surface area (Å²) in [5.74, 6) is -0.447. The largest absolute Gasteiger partial charge is 0.401 e. The molecule has 19 heavy (non-hydrogen) atoms. The van der Waals surface area contributed by atoms with Gasteiger partial charge in [-0.25, -0.2) is 0 Å². The summed E-state index contributed by atoms with van der Waals surface area (Å²) >= 11 is 0. The zero-order valence-electron chi connectivity index (χ0n) is 10.8. The molecular formula is C15H19F3O. The fraction of sp³-hybridized carbons (Fsp3) is 0.867. The predicted octanol–water partition coefficient (Wildman–Crippen LogP) is 3.68. The maximum Gasteiger partial charge on any atom is 0.401 e. The molecule has 0 bridgehead atoms. The third-order valence-electron chi connectivity index (χ3n) is 6.35. The molecule has 106 valence electrons. The molecule has 4 aliphatic rings. The molecule has 0 aliphatic heterocycles. The minimum absolute atomic E-state index is 0.0759. The Morgan fingerprint density at radius 1 is 1.00 bits per heavy atom. The molecule has 0 aromatic rings. The van der Waals surface area contributed by atoms with Gasteiger partial charge in [0.2, 0.25) is 0 Å². The smallest absolute Gasteiger partial charge is 0.388 e. The second-order valence-electron chi connectivity index (χ2n) is 6.87. The van der Waals surface area contributed by atoms with Crippen molar-refractivity contribution >= 4 is 0 Å². The van der Waals surface area contributed by atoms with Gasteiger partial charge >= 0.3 is 6.18 Å². The van der Waals surface area contributed by atoms with E-state index in [4.69, 9.17) is 0 Å². The monoisotopic (exact) mass is 272 g/mol. The molecule has 6 atom stereocenters. The van der Waals surface area contributed by atoms with Crippen molar-refractivity contribution in [2.24, 2.45) is 29.1 Å². The highest BCUT2D eigenvalue weighted by molar-refractivity contribution is 5.47. The molecule has 0 aromatic heterocycles. The lowest BCUT2D eigenvalue weighted by Crippen LogP contribution is -2.37. The van der Waals surface area contributed by atoms with Crippen LogP contribution in [0.4, 0.5) is 13.2 Å². The summed E-state index contributed by atoms with van der Waals surface area (Å²) in [5, 5.41) is 10.7. The minimum atomic E-state index is -4.30. The van der Waals surface area contributed by atoms with Crippen LogP contribution in [0.1, 0.15) is 38.5 Å². The van der Waals surface area contributed by atoms with Gasteiger partial charge < -0.3 is 5.11 Å². The van der Waals surface area contributed by atoms with Crippen molar-refractivity contribution in [2.45, 2.75) is 50.3 Å². The summed E-state index contributed by atoms with van der Waals surface area (Å²) in [5.41, 5.74) is -3.39. The van der Waals surface area contributed by atoms with E-state index in [1.54, 1.807) is 6.08 Å². The number of aliphatic hydroxyl groups is 1. The van der Waals surface area contributed by atoms with Gasteiger partial charge in [-0.3, -0.25) is 0 Å². The summed E-state index contributed by atoms with van der Waals surface area (Å²) in [6, 6.07) is 0. The maximum atomic E-state index is 13.4.